The quantitative estimate of drug-likeness (QED) is 0.321. The van der Waals surface area contributed by atoms with Crippen LogP contribution in [0.25, 0.3) is 16.8 Å². The maximum Gasteiger partial charge on any atom is 0.237 e. The minimum Gasteiger partial charge on any atom is -0.378 e. The molecule has 0 atom stereocenters. The van der Waals surface area contributed by atoms with E-state index < -0.39 is 0 Å². The average molecular weight is 513 g/mol. The van der Waals surface area contributed by atoms with Crippen molar-refractivity contribution in [3.8, 4) is 0 Å². The van der Waals surface area contributed by atoms with Gasteiger partial charge in [0.25, 0.3) is 0 Å². The van der Waals surface area contributed by atoms with E-state index in [2.05, 4.69) is 68.3 Å². The van der Waals surface area contributed by atoms with E-state index in [0.29, 0.717) is 24.9 Å². The van der Waals surface area contributed by atoms with Crippen molar-refractivity contribution in [3.05, 3.63) is 83.9 Å². The Morgan fingerprint density at radius 2 is 1.68 bits per heavy atom. The van der Waals surface area contributed by atoms with Crippen molar-refractivity contribution in [1.29, 1.82) is 0 Å². The number of anilines is 2. The van der Waals surface area contributed by atoms with Gasteiger partial charge in [0.1, 0.15) is 0 Å². The lowest BCUT2D eigenvalue weighted by atomic mass is 10.1. The van der Waals surface area contributed by atoms with E-state index >= 15 is 0 Å². The van der Waals surface area contributed by atoms with Gasteiger partial charge in [-0.15, -0.1) is 10.2 Å². The van der Waals surface area contributed by atoms with Crippen molar-refractivity contribution in [3.63, 3.8) is 0 Å². The molecule has 1 fully saturated rings. The molecule has 188 valence electrons. The largest absolute Gasteiger partial charge is 0.378 e. The molecule has 0 unspecified atom stereocenters. The molecule has 8 nitrogen and oxygen atoms in total. The second kappa shape index (κ2) is 10.3. The number of aromatic nitrogens is 4. The van der Waals surface area contributed by atoms with Crippen molar-refractivity contribution >= 4 is 45.9 Å². The highest BCUT2D eigenvalue weighted by Gasteiger charge is 2.19. The van der Waals surface area contributed by atoms with Crippen molar-refractivity contribution in [2.75, 3.05) is 42.3 Å². The summed E-state index contributed by atoms with van der Waals surface area (Å²) < 4.78 is 9.70. The summed E-state index contributed by atoms with van der Waals surface area (Å²) in [7, 11) is 0. The number of benzene rings is 3. The molecule has 5 aromatic rings. The van der Waals surface area contributed by atoms with E-state index in [1.165, 1.54) is 22.9 Å². The second-order valence-corrected chi connectivity index (χ2v) is 10.1. The third kappa shape index (κ3) is 4.80. The molecule has 37 heavy (non-hydrogen) atoms. The van der Waals surface area contributed by atoms with Crippen molar-refractivity contribution in [2.45, 2.75) is 18.6 Å². The van der Waals surface area contributed by atoms with Gasteiger partial charge in [0.2, 0.25) is 11.7 Å². The normalized spacial score (nSPS) is 13.9. The summed E-state index contributed by atoms with van der Waals surface area (Å²) in [5.74, 6) is 0.920. The Morgan fingerprint density at radius 1 is 0.946 bits per heavy atom. The predicted octanol–water partition coefficient (Wildman–Crippen LogP) is 4.61. The zero-order valence-corrected chi connectivity index (χ0v) is 21.4. The summed E-state index contributed by atoms with van der Waals surface area (Å²) in [4.78, 5) is 15.2. The number of nitrogens with zero attached hydrogens (tertiary/aromatic N) is 5. The molecule has 3 heterocycles. The van der Waals surface area contributed by atoms with E-state index in [-0.39, 0.29) is 11.7 Å². The minimum absolute atomic E-state index is 0.0779. The number of carbonyl (C=O) groups excluding carboxylic acids is 1. The van der Waals surface area contributed by atoms with Gasteiger partial charge in [-0.2, -0.15) is 0 Å². The predicted molar refractivity (Wildman–Crippen MR) is 148 cm³/mol. The van der Waals surface area contributed by atoms with Crippen LogP contribution >= 0.6 is 11.8 Å². The van der Waals surface area contributed by atoms with E-state index in [9.17, 15) is 4.79 Å². The smallest absolute Gasteiger partial charge is 0.237 e. The molecule has 6 rings (SSSR count). The molecule has 1 N–H and O–H groups in total. The zero-order chi connectivity index (χ0) is 25.2. The molecule has 0 spiro atoms. The molecular formula is C28H28N6O2S. The van der Waals surface area contributed by atoms with Gasteiger partial charge in [-0.25, -0.2) is 0 Å². The standard InChI is InChI=1S/C28H28N6O2S/c1-20-10-12-21(13-11-20)18-33-24-8-4-5-9-25(24)34-27(33)30-31-28(34)37-19-26(35)29-22-6-2-3-7-23(22)32-14-16-36-17-15-32/h2-13H,14-19H2,1H3,(H,29,35). The Labute approximate surface area is 219 Å². The lowest BCUT2D eigenvalue weighted by Gasteiger charge is -2.30. The first-order valence-electron chi connectivity index (χ1n) is 12.4. The van der Waals surface area contributed by atoms with Crippen LogP contribution in [0.5, 0.6) is 0 Å². The zero-order valence-electron chi connectivity index (χ0n) is 20.6. The molecule has 3 aromatic carbocycles. The third-order valence-electron chi connectivity index (χ3n) is 6.59. The Balaban J connectivity index is 1.22. The molecule has 0 bridgehead atoms. The lowest BCUT2D eigenvalue weighted by molar-refractivity contribution is -0.113. The second-order valence-electron chi connectivity index (χ2n) is 9.13. The number of thioether (sulfide) groups is 1. The first-order chi connectivity index (χ1) is 18.2. The van der Waals surface area contributed by atoms with Crippen LogP contribution in [-0.2, 0) is 16.1 Å². The van der Waals surface area contributed by atoms with Crippen LogP contribution < -0.4 is 10.2 Å². The summed E-state index contributed by atoms with van der Waals surface area (Å²) in [6, 6.07) is 24.7. The number of amides is 1. The van der Waals surface area contributed by atoms with Crippen molar-refractivity contribution in [2.24, 2.45) is 0 Å². The van der Waals surface area contributed by atoms with E-state index in [0.717, 1.165) is 41.3 Å². The Morgan fingerprint density at radius 3 is 2.49 bits per heavy atom. The summed E-state index contributed by atoms with van der Waals surface area (Å²) in [6.45, 7) is 5.79. The highest BCUT2D eigenvalue weighted by molar-refractivity contribution is 7.99. The molecule has 1 aliphatic rings. The average Bonchev–Trinajstić information content (AvgIpc) is 3.49. The topological polar surface area (TPSA) is 76.7 Å². The fraction of sp³-hybridized carbons (Fsp3) is 0.250. The first kappa shape index (κ1) is 23.6. The summed E-state index contributed by atoms with van der Waals surface area (Å²) >= 11 is 1.39. The Kier molecular flexibility index (Phi) is 6.55. The number of carbonyl (C=O) groups is 1. The molecule has 0 radical (unpaired) electrons. The first-order valence-corrected chi connectivity index (χ1v) is 13.4. The maximum atomic E-state index is 13.0. The number of nitrogens with one attached hydrogen (secondary N) is 1. The van der Waals surface area contributed by atoms with Gasteiger partial charge in [-0.1, -0.05) is 65.9 Å². The number of imidazole rings is 1. The number of hydrogen-bond donors (Lipinski definition) is 1. The van der Waals surface area contributed by atoms with Gasteiger partial charge in [-0.05, 0) is 36.8 Å². The van der Waals surface area contributed by atoms with Crippen LogP contribution in [0.3, 0.4) is 0 Å². The number of fused-ring (bicyclic) bond motifs is 3. The summed E-state index contributed by atoms with van der Waals surface area (Å²) in [5, 5.41) is 12.7. The number of hydrogen-bond acceptors (Lipinski definition) is 6. The van der Waals surface area contributed by atoms with Gasteiger partial charge in [0.15, 0.2) is 5.16 Å². The fourth-order valence-electron chi connectivity index (χ4n) is 4.74. The molecule has 0 saturated carbocycles. The number of rotatable bonds is 7. The molecular weight excluding hydrogens is 484 g/mol. The SMILES string of the molecule is Cc1ccc(Cn2c3ccccc3n3c(SCC(=O)Nc4ccccc4N4CCOCC4)nnc23)cc1. The van der Waals surface area contributed by atoms with Crippen LogP contribution in [0.4, 0.5) is 11.4 Å². The molecule has 2 aromatic heterocycles. The Hall–Kier alpha value is -3.82. The monoisotopic (exact) mass is 512 g/mol. The van der Waals surface area contributed by atoms with Crippen molar-refractivity contribution < 1.29 is 9.53 Å². The van der Waals surface area contributed by atoms with Gasteiger partial charge >= 0.3 is 0 Å². The van der Waals surface area contributed by atoms with Crippen molar-refractivity contribution in [1.82, 2.24) is 19.2 Å². The highest BCUT2D eigenvalue weighted by Crippen LogP contribution is 2.29. The Bertz CT molecular complexity index is 1550. The third-order valence-corrected chi connectivity index (χ3v) is 7.52. The molecule has 9 heteroatoms. The fourth-order valence-corrected chi connectivity index (χ4v) is 5.48. The van der Waals surface area contributed by atoms with Gasteiger partial charge in [-0.3, -0.25) is 9.20 Å². The minimum atomic E-state index is -0.0779. The number of aryl methyl sites for hydroxylation is 1. The van der Waals surface area contributed by atoms with E-state index in [1.54, 1.807) is 0 Å². The number of morpholine rings is 1. The van der Waals surface area contributed by atoms with Crippen LogP contribution in [0, 0.1) is 6.92 Å². The molecule has 1 amide bonds. The molecule has 1 aliphatic heterocycles. The maximum absolute atomic E-state index is 13.0. The van der Waals surface area contributed by atoms with Crippen LogP contribution in [-0.4, -0.2) is 57.1 Å². The summed E-state index contributed by atoms with van der Waals surface area (Å²) in [6.07, 6.45) is 0. The van der Waals surface area contributed by atoms with E-state index in [1.807, 2.05) is 40.8 Å². The van der Waals surface area contributed by atoms with Crippen LogP contribution in [0.15, 0.2) is 78.0 Å². The van der Waals surface area contributed by atoms with Gasteiger partial charge in [0.05, 0.1) is 47.9 Å². The summed E-state index contributed by atoms with van der Waals surface area (Å²) in [5.41, 5.74) is 6.38. The van der Waals surface area contributed by atoms with E-state index in [4.69, 9.17) is 4.74 Å². The van der Waals surface area contributed by atoms with Crippen LogP contribution in [0.1, 0.15) is 11.1 Å². The lowest BCUT2D eigenvalue weighted by Crippen LogP contribution is -2.36. The molecule has 0 aliphatic carbocycles. The van der Waals surface area contributed by atoms with Gasteiger partial charge < -0.3 is 19.5 Å². The molecule has 1 saturated heterocycles. The highest BCUT2D eigenvalue weighted by atomic mass is 32.2. The number of ether oxygens (including phenoxy) is 1. The number of para-hydroxylation sites is 4. The van der Waals surface area contributed by atoms with Gasteiger partial charge in [0, 0.05) is 13.1 Å². The van der Waals surface area contributed by atoms with Crippen LogP contribution in [0.2, 0.25) is 0 Å².